The molecule has 0 aliphatic carbocycles. The lowest BCUT2D eigenvalue weighted by Gasteiger charge is -2.41. The zero-order valence-corrected chi connectivity index (χ0v) is 8.30. The van der Waals surface area contributed by atoms with Crippen molar-refractivity contribution in [2.45, 2.75) is 65.1 Å². The molecule has 0 amide bonds. The predicted octanol–water partition coefficient (Wildman–Crippen LogP) is 2.66. The molecule has 0 spiro atoms. The molecule has 0 aromatic rings. The average Bonchev–Trinajstić information content (AvgIpc) is 1.85. The molecular formula is C10H21N. The zero-order chi connectivity index (χ0) is 8.43. The Morgan fingerprint density at radius 3 is 1.82 bits per heavy atom. The van der Waals surface area contributed by atoms with Crippen molar-refractivity contribution in [3.8, 4) is 0 Å². The Kier molecular flexibility index (Phi) is 2.94. The van der Waals surface area contributed by atoms with Gasteiger partial charge in [0.15, 0.2) is 0 Å². The molecule has 0 saturated carbocycles. The van der Waals surface area contributed by atoms with Crippen LogP contribution in [0.25, 0.3) is 0 Å². The number of nitrogens with zero attached hydrogens (tertiary/aromatic N) is 1. The Labute approximate surface area is 70.8 Å². The summed E-state index contributed by atoms with van der Waals surface area (Å²) in [7, 11) is 0. The smallest absolute Gasteiger partial charge is 0.00724 e. The van der Waals surface area contributed by atoms with Crippen molar-refractivity contribution in [2.75, 3.05) is 0 Å². The fraction of sp³-hybridized carbons (Fsp3) is 1.00. The molecule has 0 aromatic carbocycles. The third-order valence-corrected chi connectivity index (χ3v) is 2.86. The summed E-state index contributed by atoms with van der Waals surface area (Å²) in [6.45, 7) is 9.32. The van der Waals surface area contributed by atoms with Gasteiger partial charge in [-0.15, -0.1) is 0 Å². The first-order chi connectivity index (χ1) is 5.13. The third kappa shape index (κ3) is 1.96. The van der Waals surface area contributed by atoms with Crippen molar-refractivity contribution in [2.24, 2.45) is 0 Å². The molecule has 11 heavy (non-hydrogen) atoms. The third-order valence-electron chi connectivity index (χ3n) is 2.86. The quantitative estimate of drug-likeness (QED) is 0.562. The van der Waals surface area contributed by atoms with Crippen LogP contribution in [0.15, 0.2) is 0 Å². The fourth-order valence-electron chi connectivity index (χ4n) is 2.46. The van der Waals surface area contributed by atoms with E-state index >= 15 is 0 Å². The Hall–Kier alpha value is -0.0400. The van der Waals surface area contributed by atoms with Gasteiger partial charge in [0.05, 0.1) is 0 Å². The zero-order valence-electron chi connectivity index (χ0n) is 8.30. The van der Waals surface area contributed by atoms with Crippen LogP contribution in [-0.2, 0) is 0 Å². The summed E-state index contributed by atoms with van der Waals surface area (Å²) in [6.07, 6.45) is 4.20. The summed E-state index contributed by atoms with van der Waals surface area (Å²) in [5.41, 5.74) is 0. The molecule has 1 heteroatoms. The Balaban J connectivity index is 2.55. The Morgan fingerprint density at radius 2 is 1.55 bits per heavy atom. The van der Waals surface area contributed by atoms with E-state index in [2.05, 4.69) is 32.6 Å². The van der Waals surface area contributed by atoms with Crippen LogP contribution in [0, 0.1) is 0 Å². The number of likely N-dealkylation sites (tertiary alicyclic amines) is 1. The molecule has 0 bridgehead atoms. The summed E-state index contributed by atoms with van der Waals surface area (Å²) >= 11 is 0. The Bertz CT molecular complexity index is 110. The van der Waals surface area contributed by atoms with E-state index in [1.54, 1.807) is 0 Å². The molecule has 1 aliphatic heterocycles. The van der Waals surface area contributed by atoms with Crippen molar-refractivity contribution in [1.82, 2.24) is 4.90 Å². The molecule has 1 fully saturated rings. The largest absolute Gasteiger partial charge is 0.296 e. The molecule has 0 unspecified atom stereocenters. The van der Waals surface area contributed by atoms with Gasteiger partial charge in [0, 0.05) is 18.1 Å². The van der Waals surface area contributed by atoms with Gasteiger partial charge in [0.1, 0.15) is 0 Å². The van der Waals surface area contributed by atoms with Crippen LogP contribution in [0.1, 0.15) is 47.0 Å². The molecule has 0 radical (unpaired) electrons. The monoisotopic (exact) mass is 155 g/mol. The molecule has 1 saturated heterocycles. The number of piperidine rings is 1. The van der Waals surface area contributed by atoms with E-state index < -0.39 is 0 Å². The van der Waals surface area contributed by atoms with Crippen LogP contribution < -0.4 is 0 Å². The number of rotatable bonds is 1. The van der Waals surface area contributed by atoms with E-state index in [1.165, 1.54) is 19.3 Å². The van der Waals surface area contributed by atoms with E-state index in [-0.39, 0.29) is 0 Å². The lowest BCUT2D eigenvalue weighted by atomic mass is 9.96. The summed E-state index contributed by atoms with van der Waals surface area (Å²) in [5, 5.41) is 0. The first kappa shape index (κ1) is 9.05. The average molecular weight is 155 g/mol. The van der Waals surface area contributed by atoms with Gasteiger partial charge >= 0.3 is 0 Å². The van der Waals surface area contributed by atoms with Gasteiger partial charge in [-0.3, -0.25) is 4.90 Å². The molecule has 1 aliphatic rings. The van der Waals surface area contributed by atoms with Crippen LogP contribution >= 0.6 is 0 Å². The lowest BCUT2D eigenvalue weighted by molar-refractivity contribution is 0.0705. The highest BCUT2D eigenvalue weighted by Crippen LogP contribution is 2.24. The van der Waals surface area contributed by atoms with Crippen LogP contribution in [0.4, 0.5) is 0 Å². The molecular weight excluding hydrogens is 134 g/mol. The summed E-state index contributed by atoms with van der Waals surface area (Å²) < 4.78 is 0. The second-order valence-corrected chi connectivity index (χ2v) is 4.17. The van der Waals surface area contributed by atoms with Gasteiger partial charge in [0.2, 0.25) is 0 Å². The van der Waals surface area contributed by atoms with Crippen LogP contribution in [0.2, 0.25) is 0 Å². The van der Waals surface area contributed by atoms with Gasteiger partial charge in [-0.1, -0.05) is 6.42 Å². The highest BCUT2D eigenvalue weighted by atomic mass is 15.2. The minimum Gasteiger partial charge on any atom is -0.296 e. The van der Waals surface area contributed by atoms with Crippen molar-refractivity contribution in [3.05, 3.63) is 0 Å². The molecule has 2 atom stereocenters. The van der Waals surface area contributed by atoms with E-state index in [9.17, 15) is 0 Å². The molecule has 0 N–H and O–H groups in total. The SMILES string of the molecule is CC(C)N1[C@H](C)CCC[C@@H]1C. The standard InChI is InChI=1S/C10H21N/c1-8(2)11-9(3)6-5-7-10(11)4/h8-10H,5-7H2,1-4H3/t9-,10+. The van der Waals surface area contributed by atoms with Crippen LogP contribution in [0.5, 0.6) is 0 Å². The van der Waals surface area contributed by atoms with Crippen LogP contribution in [-0.4, -0.2) is 23.0 Å². The second-order valence-electron chi connectivity index (χ2n) is 4.17. The van der Waals surface area contributed by atoms with E-state index in [1.807, 2.05) is 0 Å². The molecule has 0 aromatic heterocycles. The number of hydrogen-bond donors (Lipinski definition) is 0. The van der Waals surface area contributed by atoms with Crippen molar-refractivity contribution < 1.29 is 0 Å². The maximum absolute atomic E-state index is 2.64. The summed E-state index contributed by atoms with van der Waals surface area (Å²) in [5.74, 6) is 0. The molecule has 1 rings (SSSR count). The second kappa shape index (κ2) is 3.57. The van der Waals surface area contributed by atoms with Crippen LogP contribution in [0.3, 0.4) is 0 Å². The van der Waals surface area contributed by atoms with Gasteiger partial charge in [-0.05, 0) is 40.5 Å². The minimum atomic E-state index is 0.722. The predicted molar refractivity (Wildman–Crippen MR) is 49.8 cm³/mol. The maximum Gasteiger partial charge on any atom is 0.00724 e. The minimum absolute atomic E-state index is 0.722. The molecule has 66 valence electrons. The molecule has 1 nitrogen and oxygen atoms in total. The van der Waals surface area contributed by atoms with E-state index in [0.29, 0.717) is 0 Å². The van der Waals surface area contributed by atoms with Crippen molar-refractivity contribution in [1.29, 1.82) is 0 Å². The van der Waals surface area contributed by atoms with Gasteiger partial charge in [0.25, 0.3) is 0 Å². The van der Waals surface area contributed by atoms with Crippen molar-refractivity contribution in [3.63, 3.8) is 0 Å². The van der Waals surface area contributed by atoms with E-state index in [0.717, 1.165) is 18.1 Å². The normalized spacial score (nSPS) is 34.6. The Morgan fingerprint density at radius 1 is 1.09 bits per heavy atom. The fourth-order valence-corrected chi connectivity index (χ4v) is 2.46. The lowest BCUT2D eigenvalue weighted by Crippen LogP contribution is -2.47. The van der Waals surface area contributed by atoms with E-state index in [4.69, 9.17) is 0 Å². The maximum atomic E-state index is 2.64. The van der Waals surface area contributed by atoms with Gasteiger partial charge in [-0.2, -0.15) is 0 Å². The highest BCUT2D eigenvalue weighted by Gasteiger charge is 2.26. The van der Waals surface area contributed by atoms with Crippen molar-refractivity contribution >= 4 is 0 Å². The summed E-state index contributed by atoms with van der Waals surface area (Å²) in [6, 6.07) is 2.33. The topological polar surface area (TPSA) is 3.24 Å². The highest BCUT2D eigenvalue weighted by molar-refractivity contribution is 4.81. The van der Waals surface area contributed by atoms with Gasteiger partial charge < -0.3 is 0 Å². The molecule has 1 heterocycles. The number of hydrogen-bond acceptors (Lipinski definition) is 1. The first-order valence-corrected chi connectivity index (χ1v) is 4.90. The van der Waals surface area contributed by atoms with Gasteiger partial charge in [-0.25, -0.2) is 0 Å². The first-order valence-electron chi connectivity index (χ1n) is 4.90. The summed E-state index contributed by atoms with van der Waals surface area (Å²) in [4.78, 5) is 2.64.